The number of azo groups is 4. The van der Waals surface area contributed by atoms with Gasteiger partial charge in [0.15, 0.2) is 0 Å². The molecule has 6 atom stereocenters. The Balaban J connectivity index is 0.000000361. The molecule has 0 saturated heterocycles. The summed E-state index contributed by atoms with van der Waals surface area (Å²) in [6.45, 7) is 22.6. The smallest absolute Gasteiger partial charge is 0.421 e. The Kier molecular flexibility index (Phi) is 34.9. The van der Waals surface area contributed by atoms with E-state index in [1.54, 1.807) is 7.11 Å². The van der Waals surface area contributed by atoms with Crippen LogP contribution in [0.5, 0.6) is 5.75 Å². The van der Waals surface area contributed by atoms with Gasteiger partial charge in [0.25, 0.3) is 0 Å². The summed E-state index contributed by atoms with van der Waals surface area (Å²) < 4.78 is 57.0. The second-order valence-electron chi connectivity index (χ2n) is 27.3. The molecule has 0 amide bonds. The van der Waals surface area contributed by atoms with Gasteiger partial charge in [-0.05, 0) is 151 Å². The third kappa shape index (κ3) is 28.9. The zero-order valence-corrected chi connectivity index (χ0v) is 64.5. The maximum absolute atomic E-state index is 6.46. The number of hydrogen-bond donors (Lipinski definition) is 6. The summed E-state index contributed by atoms with van der Waals surface area (Å²) in [5.74, 6) is 3.89. The van der Waals surface area contributed by atoms with Crippen molar-refractivity contribution in [2.24, 2.45) is 125 Å². The van der Waals surface area contributed by atoms with Crippen molar-refractivity contribution in [1.29, 1.82) is 0 Å². The van der Waals surface area contributed by atoms with E-state index in [2.05, 4.69) is 91.5 Å². The second-order valence-corrected chi connectivity index (χ2v) is 27.3. The van der Waals surface area contributed by atoms with Crippen LogP contribution >= 0.6 is 0 Å². The molecule has 29 nitrogen and oxygen atoms in total. The van der Waals surface area contributed by atoms with Crippen molar-refractivity contribution in [3.8, 4) is 5.75 Å². The fourth-order valence-electron chi connectivity index (χ4n) is 10.4. The first-order valence-electron chi connectivity index (χ1n) is 35.5. The third-order valence-electron chi connectivity index (χ3n) is 16.7. The van der Waals surface area contributed by atoms with Gasteiger partial charge >= 0.3 is 23.8 Å². The van der Waals surface area contributed by atoms with E-state index < -0.39 is 0 Å². The van der Waals surface area contributed by atoms with Crippen molar-refractivity contribution < 1.29 is 51.4 Å². The van der Waals surface area contributed by atoms with Crippen molar-refractivity contribution in [1.82, 2.24) is 18.3 Å². The SMILES string of the molecule is CCC(COCC(C)N)(COCC(C)N)COCC(C)N.CCC(COCC(C)Nc1ccc(N=Nc2n(C)cc[n+]2C)cc1)(COCC(C)Nc1ccc(N=Nc2n(C)cc[n+]2C)cc1)COCC(C)Nc1ccc(N=Nc2n(C)cc[n+]2C)cc1.COc1ccc(N=Nc2n(C)cc[n+]2C)cc1. The maximum atomic E-state index is 6.46. The van der Waals surface area contributed by atoms with Gasteiger partial charge < -0.3 is 66.3 Å². The zero-order valence-electron chi connectivity index (χ0n) is 64.5. The van der Waals surface area contributed by atoms with Gasteiger partial charge in [0.1, 0.15) is 28.5 Å². The van der Waals surface area contributed by atoms with E-state index in [0.717, 1.165) is 82.2 Å². The first-order valence-corrected chi connectivity index (χ1v) is 35.5. The van der Waals surface area contributed by atoms with Crippen LogP contribution in [0.25, 0.3) is 0 Å². The number of aryl methyl sites for hydroxylation is 8. The van der Waals surface area contributed by atoms with E-state index in [1.165, 1.54) is 0 Å². The number of anilines is 3. The standard InChI is InChI=1S/C48H65N15O3.C15H35N3O3.C12H15N4O/c1-11-48(33-64-30-36(2)49-39-12-18-42(19-13-39)52-55-45-58(5)24-25-59(45)6,34-65-31-37(3)50-40-14-20-43(21-15-40)53-56-46-60(7)26-27-61(46)8)35-66-32-38(4)51-41-16-22-44(23-17-41)54-57-47-62(9)28-29-63(47)10;1-5-15(9-19-6-12(2)16,10-20-7-13(3)17)11-21-8-14(4)18;1-15-8-9-16(2)12(15)14-13-10-4-6-11(17-3)7-5-10/h12-29,36-38H,11,30-35H2,1-10H3;12-14H,5-11,16-18H2,1-4H3;4-9H,1-3H3/q;;+1/p+3. The minimum atomic E-state index is -0.371. The lowest BCUT2D eigenvalue weighted by atomic mass is 9.88. The van der Waals surface area contributed by atoms with E-state index in [0.29, 0.717) is 79.3 Å². The normalized spacial score (nSPS) is 14.7. The molecule has 29 heteroatoms. The quantitative estimate of drug-likeness (QED) is 0.0154. The summed E-state index contributed by atoms with van der Waals surface area (Å²) >= 11 is 0. The number of nitrogens with one attached hydrogen (secondary N) is 3. The number of nitrogens with zero attached hydrogens (tertiary/aromatic N) is 16. The Labute approximate surface area is 615 Å². The van der Waals surface area contributed by atoms with Crippen molar-refractivity contribution in [2.45, 2.75) is 104 Å². The van der Waals surface area contributed by atoms with Crippen LogP contribution in [-0.4, -0.2) is 141 Å². The Morgan fingerprint density at radius 2 is 0.577 bits per heavy atom. The van der Waals surface area contributed by atoms with Crippen molar-refractivity contribution in [2.75, 3.05) is 102 Å². The third-order valence-corrected chi connectivity index (χ3v) is 16.7. The molecule has 566 valence electrons. The number of imidazole rings is 4. The van der Waals surface area contributed by atoms with Gasteiger partial charge in [-0.2, -0.15) is 0 Å². The molecular weight excluding hydrogens is 1320 g/mol. The van der Waals surface area contributed by atoms with Gasteiger partial charge in [0.05, 0.1) is 192 Å². The molecule has 0 aliphatic rings. The topological polar surface area (TPSA) is 313 Å². The van der Waals surface area contributed by atoms with Gasteiger partial charge in [-0.1, -0.05) is 34.3 Å². The number of hydrogen-bond acceptors (Lipinski definition) is 21. The molecule has 0 aliphatic heterocycles. The minimum Gasteiger partial charge on any atom is -0.497 e. The van der Waals surface area contributed by atoms with Gasteiger partial charge in [-0.3, -0.25) is 0 Å². The predicted octanol–water partition coefficient (Wildman–Crippen LogP) is 11.4. The number of benzene rings is 4. The van der Waals surface area contributed by atoms with Crippen molar-refractivity contribution in [3.05, 3.63) is 147 Å². The summed E-state index contributed by atoms with van der Waals surface area (Å²) in [6, 6.07) is 31.4. The summed E-state index contributed by atoms with van der Waals surface area (Å²) in [6.07, 6.45) is 17.2. The van der Waals surface area contributed by atoms with Crippen LogP contribution in [0, 0.1) is 10.8 Å². The Morgan fingerprint density at radius 1 is 0.356 bits per heavy atom. The van der Waals surface area contributed by atoms with Crippen LogP contribution in [0.2, 0.25) is 0 Å². The van der Waals surface area contributed by atoms with Crippen molar-refractivity contribution in [3.63, 3.8) is 0 Å². The molecular formula is C75H118N22O7+4. The monoisotopic (exact) mass is 1440 g/mol. The molecule has 0 fully saturated rings. The highest BCUT2D eigenvalue weighted by atomic mass is 16.5. The molecule has 8 rings (SSSR count). The average molecular weight is 1440 g/mol. The summed E-state index contributed by atoms with van der Waals surface area (Å²) in [5.41, 5.74) is 22.7. The Hall–Kier alpha value is -9.04. The van der Waals surface area contributed by atoms with Gasteiger partial charge in [-0.25, -0.2) is 36.5 Å². The molecule has 0 radical (unpaired) electrons. The molecule has 4 aromatic heterocycles. The molecule has 0 bridgehead atoms. The fraction of sp³-hybridized carbons (Fsp3) is 0.520. The molecule has 4 heterocycles. The maximum Gasteiger partial charge on any atom is 0.421 e. The van der Waals surface area contributed by atoms with E-state index in [9.17, 15) is 0 Å². The largest absolute Gasteiger partial charge is 0.497 e. The van der Waals surface area contributed by atoms with Gasteiger partial charge in [-0.15, -0.1) is 0 Å². The van der Waals surface area contributed by atoms with Crippen LogP contribution in [0.3, 0.4) is 0 Å². The molecule has 8 aromatic rings. The summed E-state index contributed by atoms with van der Waals surface area (Å²) in [5, 5.41) is 45.5. The fourth-order valence-corrected chi connectivity index (χ4v) is 10.4. The second kappa shape index (κ2) is 43.3. The lowest BCUT2D eigenvalue weighted by molar-refractivity contribution is -0.657. The lowest BCUT2D eigenvalue weighted by Crippen LogP contribution is -2.40. The summed E-state index contributed by atoms with van der Waals surface area (Å²) in [4.78, 5) is 0. The Bertz CT molecular complexity index is 3480. The molecule has 6 unspecified atom stereocenters. The van der Waals surface area contributed by atoms with Crippen LogP contribution in [0.15, 0.2) is 188 Å². The van der Waals surface area contributed by atoms with E-state index in [4.69, 9.17) is 50.4 Å². The highest BCUT2D eigenvalue weighted by Crippen LogP contribution is 2.29. The predicted molar refractivity (Wildman–Crippen MR) is 406 cm³/mol. The van der Waals surface area contributed by atoms with Crippen LogP contribution < -0.4 is 56.2 Å². The minimum absolute atomic E-state index is 0.0227. The number of nitrogens with two attached hydrogens (primary N) is 3. The molecule has 0 saturated carbocycles. The molecule has 104 heavy (non-hydrogen) atoms. The van der Waals surface area contributed by atoms with E-state index in [-0.39, 0.29) is 47.1 Å². The van der Waals surface area contributed by atoms with Crippen LogP contribution in [-0.2, 0) is 84.8 Å². The first kappa shape index (κ1) is 83.9. The molecule has 0 aliphatic carbocycles. The number of aromatic nitrogens is 8. The van der Waals surface area contributed by atoms with Crippen molar-refractivity contribution >= 4 is 63.6 Å². The number of methoxy groups -OCH3 is 1. The first-order chi connectivity index (χ1) is 49.8. The van der Waals surface area contributed by atoms with E-state index in [1.807, 2.05) is 260 Å². The molecule has 4 aromatic carbocycles. The van der Waals surface area contributed by atoms with Crippen LogP contribution in [0.4, 0.5) is 63.6 Å². The average Bonchev–Trinajstić information content (AvgIpc) is 1.80. The van der Waals surface area contributed by atoms with Crippen LogP contribution in [0.1, 0.15) is 68.2 Å². The number of ether oxygens (including phenoxy) is 7. The lowest BCUT2D eigenvalue weighted by Gasteiger charge is -2.33. The van der Waals surface area contributed by atoms with E-state index >= 15 is 0 Å². The van der Waals surface area contributed by atoms with Gasteiger partial charge in [0.2, 0.25) is 0 Å². The number of rotatable bonds is 41. The zero-order chi connectivity index (χ0) is 75.6. The molecule has 9 N–H and O–H groups in total. The highest BCUT2D eigenvalue weighted by molar-refractivity contribution is 5.53. The molecule has 0 spiro atoms. The van der Waals surface area contributed by atoms with Gasteiger partial charge in [0, 0.05) is 84.6 Å². The summed E-state index contributed by atoms with van der Waals surface area (Å²) in [7, 11) is 17.2. The Morgan fingerprint density at radius 3 is 0.769 bits per heavy atom. The highest BCUT2D eigenvalue weighted by Gasteiger charge is 2.32.